The number of ether oxygens (including phenoxy) is 1. The summed E-state index contributed by atoms with van der Waals surface area (Å²) in [5.74, 6) is 1.20. The van der Waals surface area contributed by atoms with Crippen LogP contribution in [0.4, 0.5) is 0 Å². The van der Waals surface area contributed by atoms with Gasteiger partial charge >= 0.3 is 0 Å². The van der Waals surface area contributed by atoms with Crippen LogP contribution in [0, 0.1) is 0 Å². The number of carbonyl (C=O) groups is 1. The molecule has 2 aromatic rings. The molecule has 3 nitrogen and oxygen atoms in total. The van der Waals surface area contributed by atoms with E-state index in [0.29, 0.717) is 5.76 Å². The molecule has 0 aliphatic rings. The van der Waals surface area contributed by atoms with E-state index < -0.39 is 0 Å². The minimum atomic E-state index is 0.453. The molecule has 0 saturated carbocycles. The van der Waals surface area contributed by atoms with Gasteiger partial charge in [-0.2, -0.15) is 0 Å². The fourth-order valence-electron chi connectivity index (χ4n) is 2.18. The van der Waals surface area contributed by atoms with Gasteiger partial charge in [0.25, 0.3) is 0 Å². The van der Waals surface area contributed by atoms with Gasteiger partial charge in [-0.25, -0.2) is 0 Å². The highest BCUT2D eigenvalue weighted by Crippen LogP contribution is 2.29. The van der Waals surface area contributed by atoms with Crippen molar-refractivity contribution in [2.45, 2.75) is 32.6 Å². The lowest BCUT2D eigenvalue weighted by Gasteiger charge is -2.00. The molecule has 0 N–H and O–H groups in total. The highest BCUT2D eigenvalue weighted by Gasteiger charge is 2.13. The van der Waals surface area contributed by atoms with Crippen LogP contribution in [0.3, 0.4) is 0 Å². The average Bonchev–Trinajstić information content (AvgIpc) is 2.76. The monoisotopic (exact) mass is 246 g/mol. The van der Waals surface area contributed by atoms with E-state index >= 15 is 0 Å². The fourth-order valence-corrected chi connectivity index (χ4v) is 2.18. The van der Waals surface area contributed by atoms with Crippen molar-refractivity contribution in [1.29, 1.82) is 0 Å². The Morgan fingerprint density at radius 2 is 2.17 bits per heavy atom. The van der Waals surface area contributed by atoms with Gasteiger partial charge in [-0.15, -0.1) is 0 Å². The maximum Gasteiger partial charge on any atom is 0.185 e. The second-order valence-electron chi connectivity index (χ2n) is 4.38. The summed E-state index contributed by atoms with van der Waals surface area (Å²) in [4.78, 5) is 11.1. The number of aryl methyl sites for hydroxylation is 1. The third-order valence-electron chi connectivity index (χ3n) is 3.17. The first-order valence-electron chi connectivity index (χ1n) is 6.34. The van der Waals surface area contributed by atoms with Gasteiger partial charge in [-0.1, -0.05) is 19.8 Å². The summed E-state index contributed by atoms with van der Waals surface area (Å²) in [5.41, 5.74) is 1.75. The van der Waals surface area contributed by atoms with Crippen molar-refractivity contribution in [2.24, 2.45) is 0 Å². The Hall–Kier alpha value is -1.77. The molecule has 0 spiro atoms. The molecule has 1 heterocycles. The molecular weight excluding hydrogens is 228 g/mol. The number of rotatable bonds is 6. The zero-order valence-electron chi connectivity index (χ0n) is 10.9. The minimum absolute atomic E-state index is 0.453. The van der Waals surface area contributed by atoms with Gasteiger partial charge in [0.15, 0.2) is 12.0 Å². The molecule has 1 aromatic carbocycles. The zero-order chi connectivity index (χ0) is 13.0. The molecule has 0 aliphatic heterocycles. The lowest BCUT2D eigenvalue weighted by atomic mass is 10.0. The van der Waals surface area contributed by atoms with E-state index in [-0.39, 0.29) is 0 Å². The molecule has 2 rings (SSSR count). The van der Waals surface area contributed by atoms with Gasteiger partial charge in [0.2, 0.25) is 0 Å². The van der Waals surface area contributed by atoms with Crippen molar-refractivity contribution in [1.82, 2.24) is 0 Å². The van der Waals surface area contributed by atoms with E-state index in [9.17, 15) is 4.79 Å². The van der Waals surface area contributed by atoms with E-state index in [0.717, 1.165) is 41.4 Å². The molecule has 0 aliphatic carbocycles. The van der Waals surface area contributed by atoms with Crippen LogP contribution in [0.1, 0.15) is 42.3 Å². The second-order valence-corrected chi connectivity index (χ2v) is 4.38. The third kappa shape index (κ3) is 2.40. The molecule has 0 radical (unpaired) electrons. The second kappa shape index (κ2) is 5.71. The number of furan rings is 1. The van der Waals surface area contributed by atoms with Gasteiger partial charge in [0.05, 0.1) is 7.11 Å². The zero-order valence-corrected chi connectivity index (χ0v) is 10.9. The Balaban J connectivity index is 2.39. The summed E-state index contributed by atoms with van der Waals surface area (Å²) in [7, 11) is 1.62. The molecule has 0 saturated heterocycles. The topological polar surface area (TPSA) is 39.4 Å². The summed E-state index contributed by atoms with van der Waals surface area (Å²) in [6, 6.07) is 5.69. The lowest BCUT2D eigenvalue weighted by molar-refractivity contribution is 0.110. The molecule has 0 unspecified atom stereocenters. The molecule has 0 fully saturated rings. The van der Waals surface area contributed by atoms with Crippen LogP contribution < -0.4 is 4.74 Å². The van der Waals surface area contributed by atoms with Crippen LogP contribution in [0.15, 0.2) is 22.6 Å². The molecule has 0 amide bonds. The number of fused-ring (bicyclic) bond motifs is 1. The first kappa shape index (κ1) is 12.7. The van der Waals surface area contributed by atoms with E-state index in [1.165, 1.54) is 12.8 Å². The van der Waals surface area contributed by atoms with Crippen LogP contribution in [0.2, 0.25) is 0 Å². The Bertz CT molecular complexity index is 540. The van der Waals surface area contributed by atoms with E-state index in [1.807, 2.05) is 18.2 Å². The summed E-state index contributed by atoms with van der Waals surface area (Å²) in [5, 5.41) is 1.02. The summed E-state index contributed by atoms with van der Waals surface area (Å²) < 4.78 is 10.7. The number of benzene rings is 1. The Labute approximate surface area is 107 Å². The van der Waals surface area contributed by atoms with Gasteiger partial charge in [0, 0.05) is 17.0 Å². The third-order valence-corrected chi connectivity index (χ3v) is 3.17. The molecule has 18 heavy (non-hydrogen) atoms. The van der Waals surface area contributed by atoms with Crippen LogP contribution in [-0.2, 0) is 6.42 Å². The number of hydrogen-bond acceptors (Lipinski definition) is 3. The van der Waals surface area contributed by atoms with Crippen molar-refractivity contribution in [3.05, 3.63) is 29.5 Å². The molecule has 3 heteroatoms. The Kier molecular flexibility index (Phi) is 4.03. The number of aldehydes is 1. The van der Waals surface area contributed by atoms with Crippen molar-refractivity contribution in [3.8, 4) is 5.75 Å². The molecule has 0 bridgehead atoms. The molecule has 96 valence electrons. The average molecular weight is 246 g/mol. The van der Waals surface area contributed by atoms with E-state index in [1.54, 1.807) is 7.11 Å². The van der Waals surface area contributed by atoms with Crippen molar-refractivity contribution in [2.75, 3.05) is 7.11 Å². The maximum absolute atomic E-state index is 11.1. The van der Waals surface area contributed by atoms with Gasteiger partial charge in [-0.05, 0) is 25.0 Å². The first-order valence-corrected chi connectivity index (χ1v) is 6.34. The summed E-state index contributed by atoms with van der Waals surface area (Å²) in [6.45, 7) is 2.17. The summed E-state index contributed by atoms with van der Waals surface area (Å²) in [6.07, 6.45) is 5.11. The van der Waals surface area contributed by atoms with Crippen molar-refractivity contribution >= 4 is 17.3 Å². The largest absolute Gasteiger partial charge is 0.497 e. The fraction of sp³-hybridized carbons (Fsp3) is 0.400. The Morgan fingerprint density at radius 1 is 1.33 bits per heavy atom. The quantitative estimate of drug-likeness (QED) is 0.571. The highest BCUT2D eigenvalue weighted by atomic mass is 16.5. The Morgan fingerprint density at radius 3 is 2.83 bits per heavy atom. The number of hydrogen-bond donors (Lipinski definition) is 0. The predicted octanol–water partition coefficient (Wildman–Crippen LogP) is 3.99. The van der Waals surface area contributed by atoms with E-state index in [4.69, 9.17) is 9.15 Å². The molecular formula is C15H18O3. The van der Waals surface area contributed by atoms with Gasteiger partial charge < -0.3 is 9.15 Å². The van der Waals surface area contributed by atoms with E-state index in [2.05, 4.69) is 6.92 Å². The number of carbonyl (C=O) groups excluding carboxylic acids is 1. The van der Waals surface area contributed by atoms with Gasteiger partial charge in [0.1, 0.15) is 11.3 Å². The highest BCUT2D eigenvalue weighted by molar-refractivity contribution is 5.90. The summed E-state index contributed by atoms with van der Waals surface area (Å²) >= 11 is 0. The minimum Gasteiger partial charge on any atom is -0.497 e. The number of methoxy groups -OCH3 is 1. The maximum atomic E-state index is 11.1. The van der Waals surface area contributed by atoms with Gasteiger partial charge in [-0.3, -0.25) is 4.79 Å². The number of unbranched alkanes of at least 4 members (excludes halogenated alkanes) is 2. The first-order chi connectivity index (χ1) is 8.80. The SMILES string of the molecule is CCCCCc1c(C=O)oc2cc(OC)ccc12. The molecule has 1 aromatic heterocycles. The van der Waals surface area contributed by atoms with Crippen molar-refractivity contribution < 1.29 is 13.9 Å². The predicted molar refractivity (Wildman–Crippen MR) is 71.4 cm³/mol. The van der Waals surface area contributed by atoms with Crippen LogP contribution in [0.5, 0.6) is 5.75 Å². The lowest BCUT2D eigenvalue weighted by Crippen LogP contribution is -1.89. The normalized spacial score (nSPS) is 10.8. The van der Waals surface area contributed by atoms with Crippen LogP contribution in [-0.4, -0.2) is 13.4 Å². The smallest absolute Gasteiger partial charge is 0.185 e. The van der Waals surface area contributed by atoms with Crippen molar-refractivity contribution in [3.63, 3.8) is 0 Å². The standard InChI is InChI=1S/C15H18O3/c1-3-4-5-6-12-13-8-7-11(17-2)9-14(13)18-15(12)10-16/h7-10H,3-6H2,1-2H3. The molecule has 0 atom stereocenters. The van der Waals surface area contributed by atoms with Crippen LogP contribution in [0.25, 0.3) is 11.0 Å². The van der Waals surface area contributed by atoms with Crippen LogP contribution >= 0.6 is 0 Å².